The van der Waals surface area contributed by atoms with E-state index in [4.69, 9.17) is 4.74 Å². The van der Waals surface area contributed by atoms with Gasteiger partial charge < -0.3 is 9.84 Å². The van der Waals surface area contributed by atoms with Gasteiger partial charge in [0.05, 0.1) is 6.61 Å². The molecular weight excluding hydrogens is 248 g/mol. The van der Waals surface area contributed by atoms with Crippen LogP contribution in [0.3, 0.4) is 0 Å². The third-order valence-corrected chi connectivity index (χ3v) is 3.66. The molecule has 0 heterocycles. The van der Waals surface area contributed by atoms with Crippen LogP contribution in [0, 0.1) is 27.7 Å². The van der Waals surface area contributed by atoms with Crippen LogP contribution in [-0.4, -0.2) is 5.11 Å². The molecule has 106 valence electrons. The number of ether oxygens (including phenoxy) is 1. The Bertz CT molecular complexity index is 592. The van der Waals surface area contributed by atoms with Gasteiger partial charge in [-0.05, 0) is 61.1 Å². The molecule has 0 amide bonds. The fourth-order valence-electron chi connectivity index (χ4n) is 2.41. The van der Waals surface area contributed by atoms with Gasteiger partial charge in [-0.3, -0.25) is 0 Å². The van der Waals surface area contributed by atoms with Gasteiger partial charge in [0.15, 0.2) is 0 Å². The highest BCUT2D eigenvalue weighted by atomic mass is 16.5. The predicted molar refractivity (Wildman–Crippen MR) is 82.1 cm³/mol. The van der Waals surface area contributed by atoms with E-state index < -0.39 is 0 Å². The van der Waals surface area contributed by atoms with Crippen molar-refractivity contribution in [2.45, 2.75) is 40.9 Å². The van der Waals surface area contributed by atoms with Gasteiger partial charge in [-0.1, -0.05) is 30.3 Å². The monoisotopic (exact) mass is 270 g/mol. The molecule has 0 aliphatic heterocycles. The Kier molecular flexibility index (Phi) is 4.46. The molecule has 0 bridgehead atoms. The largest absolute Gasteiger partial charge is 0.488 e. The number of aliphatic hydroxyl groups excluding tert-OH is 1. The Hall–Kier alpha value is -1.80. The summed E-state index contributed by atoms with van der Waals surface area (Å²) < 4.78 is 5.97. The van der Waals surface area contributed by atoms with Gasteiger partial charge in [-0.2, -0.15) is 0 Å². The zero-order valence-electron chi connectivity index (χ0n) is 12.7. The summed E-state index contributed by atoms with van der Waals surface area (Å²) >= 11 is 0. The topological polar surface area (TPSA) is 29.5 Å². The summed E-state index contributed by atoms with van der Waals surface area (Å²) in [7, 11) is 0. The SMILES string of the molecule is Cc1ccc(COc2c(C)cc(CO)cc2C)cc1C. The predicted octanol–water partition coefficient (Wildman–Crippen LogP) is 3.99. The molecule has 0 spiro atoms. The van der Waals surface area contributed by atoms with Crippen LogP contribution in [0.4, 0.5) is 0 Å². The lowest BCUT2D eigenvalue weighted by Crippen LogP contribution is -2.01. The molecule has 0 unspecified atom stereocenters. The van der Waals surface area contributed by atoms with Crippen LogP contribution in [0.25, 0.3) is 0 Å². The molecule has 0 aliphatic rings. The smallest absolute Gasteiger partial charge is 0.125 e. The maximum absolute atomic E-state index is 9.20. The van der Waals surface area contributed by atoms with Gasteiger partial charge in [-0.25, -0.2) is 0 Å². The second-order valence-corrected chi connectivity index (χ2v) is 5.42. The Labute approximate surface area is 121 Å². The first-order valence-electron chi connectivity index (χ1n) is 6.91. The van der Waals surface area contributed by atoms with Crippen molar-refractivity contribution < 1.29 is 9.84 Å². The highest BCUT2D eigenvalue weighted by molar-refractivity contribution is 5.43. The zero-order valence-corrected chi connectivity index (χ0v) is 12.7. The maximum Gasteiger partial charge on any atom is 0.125 e. The van der Waals surface area contributed by atoms with Crippen molar-refractivity contribution in [2.75, 3.05) is 0 Å². The van der Waals surface area contributed by atoms with Crippen LogP contribution in [0.5, 0.6) is 5.75 Å². The number of aliphatic hydroxyl groups is 1. The van der Waals surface area contributed by atoms with Crippen molar-refractivity contribution >= 4 is 0 Å². The number of aryl methyl sites for hydroxylation is 4. The maximum atomic E-state index is 9.20. The fourth-order valence-corrected chi connectivity index (χ4v) is 2.41. The second kappa shape index (κ2) is 6.10. The van der Waals surface area contributed by atoms with Crippen molar-refractivity contribution in [1.29, 1.82) is 0 Å². The van der Waals surface area contributed by atoms with E-state index in [2.05, 4.69) is 32.0 Å². The zero-order chi connectivity index (χ0) is 14.7. The molecule has 0 radical (unpaired) electrons. The lowest BCUT2D eigenvalue weighted by molar-refractivity contribution is 0.280. The van der Waals surface area contributed by atoms with E-state index in [0.717, 1.165) is 22.4 Å². The van der Waals surface area contributed by atoms with E-state index in [9.17, 15) is 5.11 Å². The number of hydrogen-bond acceptors (Lipinski definition) is 2. The van der Waals surface area contributed by atoms with Gasteiger partial charge in [0.1, 0.15) is 12.4 Å². The molecule has 0 atom stereocenters. The molecule has 0 aromatic heterocycles. The van der Waals surface area contributed by atoms with E-state index in [1.165, 1.54) is 16.7 Å². The third-order valence-electron chi connectivity index (χ3n) is 3.66. The van der Waals surface area contributed by atoms with E-state index in [1.807, 2.05) is 26.0 Å². The van der Waals surface area contributed by atoms with Gasteiger partial charge >= 0.3 is 0 Å². The van der Waals surface area contributed by atoms with Crippen LogP contribution in [-0.2, 0) is 13.2 Å². The average molecular weight is 270 g/mol. The summed E-state index contributed by atoms with van der Waals surface area (Å²) in [5, 5.41) is 9.20. The Morgan fingerprint density at radius 3 is 1.95 bits per heavy atom. The van der Waals surface area contributed by atoms with Gasteiger partial charge in [0, 0.05) is 0 Å². The van der Waals surface area contributed by atoms with Crippen molar-refractivity contribution in [3.63, 3.8) is 0 Å². The first kappa shape index (κ1) is 14.6. The van der Waals surface area contributed by atoms with Crippen molar-refractivity contribution in [3.8, 4) is 5.75 Å². The van der Waals surface area contributed by atoms with Crippen LogP contribution in [0.2, 0.25) is 0 Å². The van der Waals surface area contributed by atoms with Crippen molar-refractivity contribution in [3.05, 3.63) is 63.7 Å². The van der Waals surface area contributed by atoms with E-state index >= 15 is 0 Å². The van der Waals surface area contributed by atoms with Gasteiger partial charge in [0.25, 0.3) is 0 Å². The van der Waals surface area contributed by atoms with E-state index in [1.54, 1.807) is 0 Å². The summed E-state index contributed by atoms with van der Waals surface area (Å²) in [6, 6.07) is 10.4. The molecule has 2 aromatic carbocycles. The molecule has 1 N–H and O–H groups in total. The summed E-state index contributed by atoms with van der Waals surface area (Å²) in [6.07, 6.45) is 0. The third kappa shape index (κ3) is 3.20. The quantitative estimate of drug-likeness (QED) is 0.910. The van der Waals surface area contributed by atoms with Crippen LogP contribution in [0.15, 0.2) is 30.3 Å². The van der Waals surface area contributed by atoms with Crippen LogP contribution >= 0.6 is 0 Å². The Morgan fingerprint density at radius 2 is 1.40 bits per heavy atom. The minimum atomic E-state index is 0.0686. The lowest BCUT2D eigenvalue weighted by Gasteiger charge is -2.14. The van der Waals surface area contributed by atoms with E-state index in [-0.39, 0.29) is 6.61 Å². The molecule has 20 heavy (non-hydrogen) atoms. The number of hydrogen-bond donors (Lipinski definition) is 1. The average Bonchev–Trinajstić information content (AvgIpc) is 2.41. The van der Waals surface area contributed by atoms with Gasteiger partial charge in [-0.15, -0.1) is 0 Å². The minimum Gasteiger partial charge on any atom is -0.488 e. The molecule has 2 rings (SSSR count). The molecule has 0 saturated heterocycles. The highest BCUT2D eigenvalue weighted by Crippen LogP contribution is 2.26. The van der Waals surface area contributed by atoms with E-state index in [0.29, 0.717) is 6.61 Å². The molecule has 0 aliphatic carbocycles. The molecule has 2 aromatic rings. The van der Waals surface area contributed by atoms with Crippen LogP contribution < -0.4 is 4.74 Å². The normalized spacial score (nSPS) is 10.7. The molecule has 0 fully saturated rings. The molecular formula is C18H22O2. The fraction of sp³-hybridized carbons (Fsp3) is 0.333. The number of benzene rings is 2. The highest BCUT2D eigenvalue weighted by Gasteiger charge is 2.07. The van der Waals surface area contributed by atoms with Crippen LogP contribution in [0.1, 0.15) is 33.4 Å². The summed E-state index contributed by atoms with van der Waals surface area (Å²) in [6.45, 7) is 8.90. The Morgan fingerprint density at radius 1 is 0.800 bits per heavy atom. The Balaban J connectivity index is 2.16. The first-order valence-corrected chi connectivity index (χ1v) is 6.91. The van der Waals surface area contributed by atoms with Gasteiger partial charge in [0.2, 0.25) is 0 Å². The summed E-state index contributed by atoms with van der Waals surface area (Å²) in [4.78, 5) is 0. The van der Waals surface area contributed by atoms with Crippen molar-refractivity contribution in [1.82, 2.24) is 0 Å². The molecule has 0 saturated carbocycles. The first-order chi connectivity index (χ1) is 9.51. The van der Waals surface area contributed by atoms with Crippen molar-refractivity contribution in [2.24, 2.45) is 0 Å². The number of rotatable bonds is 4. The second-order valence-electron chi connectivity index (χ2n) is 5.42. The lowest BCUT2D eigenvalue weighted by atomic mass is 10.1. The standard InChI is InChI=1S/C18H22O2/c1-12-5-6-16(7-13(12)2)11-20-18-14(3)8-17(10-19)9-15(18)4/h5-9,19H,10-11H2,1-4H3. The molecule has 2 nitrogen and oxygen atoms in total. The summed E-state index contributed by atoms with van der Waals surface area (Å²) in [5.74, 6) is 0.917. The summed E-state index contributed by atoms with van der Waals surface area (Å²) in [5.41, 5.74) is 6.83. The molecule has 2 heteroatoms. The minimum absolute atomic E-state index is 0.0686.